The van der Waals surface area contributed by atoms with Crippen LogP contribution in [0.3, 0.4) is 0 Å². The number of methoxy groups -OCH3 is 1. The highest BCUT2D eigenvalue weighted by molar-refractivity contribution is 6.32. The first-order valence-corrected chi connectivity index (χ1v) is 9.44. The lowest BCUT2D eigenvalue weighted by molar-refractivity contribution is -0.123. The van der Waals surface area contributed by atoms with Gasteiger partial charge in [-0.2, -0.15) is 5.26 Å². The molecule has 0 bridgehead atoms. The van der Waals surface area contributed by atoms with Crippen LogP contribution in [0.25, 0.3) is 0 Å². The molecule has 0 heterocycles. The van der Waals surface area contributed by atoms with E-state index in [2.05, 4.69) is 10.6 Å². The number of rotatable bonds is 8. The Hall–Kier alpha value is -3.08. The van der Waals surface area contributed by atoms with Crippen molar-refractivity contribution in [2.45, 2.75) is 19.9 Å². The lowest BCUT2D eigenvalue weighted by atomic mass is 10.2. The molecule has 1 unspecified atom stereocenters. The molecule has 0 saturated heterocycles. The third-order valence-electron chi connectivity index (χ3n) is 4.39. The first-order chi connectivity index (χ1) is 13.9. The minimum atomic E-state index is -0.550. The van der Waals surface area contributed by atoms with Crippen molar-refractivity contribution in [1.29, 1.82) is 5.26 Å². The fraction of sp³-hybridized carbons (Fsp3) is 0.286. The number of hydrogen-bond donors (Lipinski definition) is 2. The second-order valence-electron chi connectivity index (χ2n) is 6.31. The van der Waals surface area contributed by atoms with Crippen LogP contribution in [0.15, 0.2) is 42.5 Å². The van der Waals surface area contributed by atoms with Gasteiger partial charge in [-0.15, -0.1) is 0 Å². The van der Waals surface area contributed by atoms with Crippen molar-refractivity contribution in [3.63, 3.8) is 0 Å². The second kappa shape index (κ2) is 10.5. The smallest absolute Gasteiger partial charge is 0.241 e. The summed E-state index contributed by atoms with van der Waals surface area (Å²) < 4.78 is 5.15. The molecule has 152 valence electrons. The highest BCUT2D eigenvalue weighted by Crippen LogP contribution is 2.21. The summed E-state index contributed by atoms with van der Waals surface area (Å²) in [5.41, 5.74) is 1.44. The molecular weight excluding hydrogens is 392 g/mol. The Labute approximate surface area is 175 Å². The Balaban J connectivity index is 1.98. The molecule has 0 aromatic heterocycles. The van der Waals surface area contributed by atoms with Crippen LogP contribution in [-0.4, -0.2) is 43.0 Å². The Bertz CT molecular complexity index is 926. The number of halogens is 1. The maximum absolute atomic E-state index is 12.6. The number of amides is 2. The number of nitrogens with zero attached hydrogens (tertiary/aromatic N) is 2. The van der Waals surface area contributed by atoms with E-state index in [4.69, 9.17) is 21.6 Å². The quantitative estimate of drug-likeness (QED) is 0.689. The zero-order valence-electron chi connectivity index (χ0n) is 16.5. The molecule has 2 aromatic carbocycles. The highest BCUT2D eigenvalue weighted by atomic mass is 35.5. The van der Waals surface area contributed by atoms with Gasteiger partial charge in [0.1, 0.15) is 11.8 Å². The summed E-state index contributed by atoms with van der Waals surface area (Å²) in [6.07, 6.45) is 0. The Morgan fingerprint density at radius 2 is 1.93 bits per heavy atom. The van der Waals surface area contributed by atoms with E-state index in [0.717, 1.165) is 0 Å². The first kappa shape index (κ1) is 22.2. The van der Waals surface area contributed by atoms with Crippen molar-refractivity contribution in [1.82, 2.24) is 4.90 Å². The lowest BCUT2D eigenvalue weighted by Crippen LogP contribution is -2.45. The van der Waals surface area contributed by atoms with Crippen molar-refractivity contribution < 1.29 is 14.3 Å². The van der Waals surface area contributed by atoms with Crippen molar-refractivity contribution in [2.24, 2.45) is 0 Å². The minimum Gasteiger partial charge on any atom is -0.497 e. The molecule has 0 saturated carbocycles. The average molecular weight is 415 g/mol. The van der Waals surface area contributed by atoms with E-state index in [9.17, 15) is 9.59 Å². The number of carbonyl (C=O) groups excluding carboxylic acids is 2. The van der Waals surface area contributed by atoms with E-state index in [-0.39, 0.29) is 23.4 Å². The maximum atomic E-state index is 12.6. The van der Waals surface area contributed by atoms with E-state index in [1.807, 2.05) is 13.0 Å². The predicted molar refractivity (Wildman–Crippen MR) is 113 cm³/mol. The van der Waals surface area contributed by atoms with Crippen LogP contribution in [0.4, 0.5) is 11.4 Å². The van der Waals surface area contributed by atoms with Crippen LogP contribution in [-0.2, 0) is 9.59 Å². The van der Waals surface area contributed by atoms with Crippen molar-refractivity contribution in [2.75, 3.05) is 30.8 Å². The number of carbonyl (C=O) groups is 2. The summed E-state index contributed by atoms with van der Waals surface area (Å²) in [5.74, 6) is 0.131. The minimum absolute atomic E-state index is 0.0520. The van der Waals surface area contributed by atoms with E-state index in [1.54, 1.807) is 55.3 Å². The van der Waals surface area contributed by atoms with Gasteiger partial charge >= 0.3 is 0 Å². The molecule has 0 aliphatic heterocycles. The van der Waals surface area contributed by atoms with Gasteiger partial charge in [-0.25, -0.2) is 0 Å². The molecule has 0 radical (unpaired) electrons. The van der Waals surface area contributed by atoms with E-state index >= 15 is 0 Å². The van der Waals surface area contributed by atoms with Gasteiger partial charge < -0.3 is 15.4 Å². The zero-order chi connectivity index (χ0) is 21.4. The monoisotopic (exact) mass is 414 g/mol. The van der Waals surface area contributed by atoms with E-state index in [1.165, 1.54) is 6.07 Å². The number of likely N-dealkylation sites (N-methyl/N-ethyl adjacent to an activating group) is 1. The molecule has 7 nitrogen and oxygen atoms in total. The number of ether oxygens (including phenoxy) is 1. The van der Waals surface area contributed by atoms with E-state index < -0.39 is 6.04 Å². The molecule has 8 heteroatoms. The molecule has 0 aliphatic rings. The number of nitriles is 1. The fourth-order valence-corrected chi connectivity index (χ4v) is 2.93. The van der Waals surface area contributed by atoms with Gasteiger partial charge in [-0.3, -0.25) is 14.5 Å². The van der Waals surface area contributed by atoms with Crippen LogP contribution in [0, 0.1) is 11.3 Å². The second-order valence-corrected chi connectivity index (χ2v) is 6.72. The summed E-state index contributed by atoms with van der Waals surface area (Å²) in [5, 5.41) is 14.8. The van der Waals surface area contributed by atoms with Crippen molar-refractivity contribution in [3.05, 3.63) is 53.1 Å². The molecule has 2 amide bonds. The largest absolute Gasteiger partial charge is 0.497 e. The van der Waals surface area contributed by atoms with Crippen LogP contribution in [0.1, 0.15) is 19.4 Å². The van der Waals surface area contributed by atoms with Crippen LogP contribution >= 0.6 is 11.6 Å². The van der Waals surface area contributed by atoms with Gasteiger partial charge in [-0.05, 0) is 43.8 Å². The van der Waals surface area contributed by atoms with Crippen molar-refractivity contribution in [3.8, 4) is 11.8 Å². The Kier molecular flexibility index (Phi) is 8.01. The summed E-state index contributed by atoms with van der Waals surface area (Å²) in [4.78, 5) is 26.7. The topological polar surface area (TPSA) is 94.5 Å². The zero-order valence-corrected chi connectivity index (χ0v) is 17.3. The molecular formula is C21H23ClN4O3. The van der Waals surface area contributed by atoms with Crippen LogP contribution in [0.5, 0.6) is 5.75 Å². The van der Waals surface area contributed by atoms with Crippen molar-refractivity contribution >= 4 is 34.8 Å². The summed E-state index contributed by atoms with van der Waals surface area (Å²) in [7, 11) is 1.56. The number of nitrogens with one attached hydrogen (secondary N) is 2. The van der Waals surface area contributed by atoms with Crippen LogP contribution < -0.4 is 15.4 Å². The van der Waals surface area contributed by atoms with Crippen LogP contribution in [0.2, 0.25) is 5.02 Å². The van der Waals surface area contributed by atoms with Gasteiger partial charge in [-0.1, -0.05) is 24.6 Å². The normalized spacial score (nSPS) is 11.4. The molecule has 2 N–H and O–H groups in total. The number of anilines is 2. The average Bonchev–Trinajstić information content (AvgIpc) is 2.71. The van der Waals surface area contributed by atoms with Gasteiger partial charge in [0.05, 0.1) is 30.3 Å². The molecule has 2 rings (SSSR count). The van der Waals surface area contributed by atoms with Gasteiger partial charge in [0, 0.05) is 17.4 Å². The maximum Gasteiger partial charge on any atom is 0.241 e. The Morgan fingerprint density at radius 1 is 1.21 bits per heavy atom. The fourth-order valence-electron chi connectivity index (χ4n) is 2.70. The molecule has 29 heavy (non-hydrogen) atoms. The third kappa shape index (κ3) is 6.21. The molecule has 1 atom stereocenters. The lowest BCUT2D eigenvalue weighted by Gasteiger charge is -2.26. The first-order valence-electron chi connectivity index (χ1n) is 9.06. The third-order valence-corrected chi connectivity index (χ3v) is 4.70. The van der Waals surface area contributed by atoms with Gasteiger partial charge in [0.2, 0.25) is 11.8 Å². The van der Waals surface area contributed by atoms with Gasteiger partial charge in [0.25, 0.3) is 0 Å². The predicted octanol–water partition coefficient (Wildman–Crippen LogP) is 3.51. The standard InChI is InChI=1S/C21H23ClN4O3/c1-4-26(13-20(27)24-16-6-5-7-18(10-16)29-3)14(2)21(28)25-17-9-8-15(12-23)19(22)11-17/h5-11,14H,4,13H2,1-3H3,(H,24,27)(H,25,28). The Morgan fingerprint density at radius 3 is 2.55 bits per heavy atom. The van der Waals surface area contributed by atoms with E-state index in [0.29, 0.717) is 29.2 Å². The summed E-state index contributed by atoms with van der Waals surface area (Å²) in [6, 6.07) is 13.2. The number of hydrogen-bond acceptors (Lipinski definition) is 5. The highest BCUT2D eigenvalue weighted by Gasteiger charge is 2.22. The SMILES string of the molecule is CCN(CC(=O)Nc1cccc(OC)c1)C(C)C(=O)Nc1ccc(C#N)c(Cl)c1. The van der Waals surface area contributed by atoms with Gasteiger partial charge in [0.15, 0.2) is 0 Å². The molecule has 2 aromatic rings. The number of benzene rings is 2. The molecule has 0 aliphatic carbocycles. The summed E-state index contributed by atoms with van der Waals surface area (Å²) in [6.45, 7) is 4.16. The summed E-state index contributed by atoms with van der Waals surface area (Å²) >= 11 is 6.00. The molecule has 0 fully saturated rings. The molecule has 0 spiro atoms.